The summed E-state index contributed by atoms with van der Waals surface area (Å²) >= 11 is 0. The van der Waals surface area contributed by atoms with E-state index in [4.69, 9.17) is 10.6 Å². The van der Waals surface area contributed by atoms with E-state index in [1.165, 1.54) is 0 Å². The molecule has 16 heavy (non-hydrogen) atoms. The van der Waals surface area contributed by atoms with Crippen molar-refractivity contribution in [1.82, 2.24) is 15.3 Å². The highest BCUT2D eigenvalue weighted by Crippen LogP contribution is 2.17. The molecule has 0 aliphatic rings. The van der Waals surface area contributed by atoms with Crippen molar-refractivity contribution in [2.75, 3.05) is 27.2 Å². The van der Waals surface area contributed by atoms with Crippen LogP contribution in [0.2, 0.25) is 0 Å². The van der Waals surface area contributed by atoms with E-state index in [9.17, 15) is 0 Å². The van der Waals surface area contributed by atoms with Crippen LogP contribution in [0, 0.1) is 0 Å². The molecule has 0 bridgehead atoms. The molecule has 0 fully saturated rings. The molecule has 0 saturated carbocycles. The number of rotatable bonds is 6. The Bertz CT molecular complexity index is 317. The Labute approximate surface area is 96.6 Å². The molecule has 0 radical (unpaired) electrons. The van der Waals surface area contributed by atoms with Gasteiger partial charge in [0.15, 0.2) is 0 Å². The summed E-state index contributed by atoms with van der Waals surface area (Å²) in [6, 6.07) is 2.02. The van der Waals surface area contributed by atoms with Crippen molar-refractivity contribution >= 4 is 0 Å². The van der Waals surface area contributed by atoms with Gasteiger partial charge in [-0.3, -0.25) is 16.3 Å². The number of hydrogen-bond donors (Lipinski definition) is 2. The zero-order chi connectivity index (χ0) is 12.0. The van der Waals surface area contributed by atoms with Crippen LogP contribution in [0.25, 0.3) is 0 Å². The summed E-state index contributed by atoms with van der Waals surface area (Å²) in [5, 5.41) is 0. The maximum absolute atomic E-state index is 5.53. The van der Waals surface area contributed by atoms with E-state index in [0.717, 1.165) is 17.9 Å². The van der Waals surface area contributed by atoms with Gasteiger partial charge in [0.2, 0.25) is 0 Å². The minimum absolute atomic E-state index is 0.0582. The van der Waals surface area contributed by atoms with Crippen LogP contribution in [0.4, 0.5) is 0 Å². The quantitative estimate of drug-likeness (QED) is 0.545. The van der Waals surface area contributed by atoms with E-state index in [-0.39, 0.29) is 6.04 Å². The van der Waals surface area contributed by atoms with Gasteiger partial charge < -0.3 is 9.64 Å². The monoisotopic (exact) mass is 224 g/mol. The number of nitrogens with two attached hydrogens (primary N) is 1. The Kier molecular flexibility index (Phi) is 5.18. The molecule has 1 unspecified atom stereocenters. The Balaban J connectivity index is 2.79. The van der Waals surface area contributed by atoms with Crippen molar-refractivity contribution in [3.05, 3.63) is 24.0 Å². The second kappa shape index (κ2) is 6.42. The van der Waals surface area contributed by atoms with E-state index in [1.807, 2.05) is 27.1 Å². The number of hydrogen-bond acceptors (Lipinski definition) is 5. The molecular formula is C11H20N4O. The lowest BCUT2D eigenvalue weighted by Crippen LogP contribution is -2.35. The molecule has 0 aliphatic heterocycles. The zero-order valence-corrected chi connectivity index (χ0v) is 10.1. The Morgan fingerprint density at radius 3 is 2.81 bits per heavy atom. The van der Waals surface area contributed by atoms with Gasteiger partial charge in [0, 0.05) is 12.7 Å². The largest absolute Gasteiger partial charge is 0.492 e. The van der Waals surface area contributed by atoms with Gasteiger partial charge in [-0.1, -0.05) is 0 Å². The molecular weight excluding hydrogens is 204 g/mol. The fourth-order valence-corrected chi connectivity index (χ4v) is 1.49. The smallest absolute Gasteiger partial charge is 0.137 e. The maximum atomic E-state index is 5.53. The van der Waals surface area contributed by atoms with Crippen LogP contribution in [0.15, 0.2) is 18.5 Å². The van der Waals surface area contributed by atoms with Gasteiger partial charge in [0.25, 0.3) is 0 Å². The van der Waals surface area contributed by atoms with Gasteiger partial charge in [-0.25, -0.2) is 0 Å². The summed E-state index contributed by atoms with van der Waals surface area (Å²) in [4.78, 5) is 6.21. The summed E-state index contributed by atoms with van der Waals surface area (Å²) in [6.07, 6.45) is 3.51. The lowest BCUT2D eigenvalue weighted by Gasteiger charge is -2.20. The SMILES string of the molecule is CCOc1cncc(C(CN(C)C)NN)c1. The van der Waals surface area contributed by atoms with Gasteiger partial charge in [-0.05, 0) is 32.6 Å². The molecule has 0 spiro atoms. The third-order valence-electron chi connectivity index (χ3n) is 2.20. The lowest BCUT2D eigenvalue weighted by molar-refractivity contribution is 0.331. The van der Waals surface area contributed by atoms with E-state index < -0.39 is 0 Å². The molecule has 90 valence electrons. The first-order chi connectivity index (χ1) is 7.67. The van der Waals surface area contributed by atoms with Crippen LogP contribution in [-0.4, -0.2) is 37.1 Å². The average molecular weight is 224 g/mol. The minimum atomic E-state index is 0.0582. The van der Waals surface area contributed by atoms with Crippen molar-refractivity contribution in [2.24, 2.45) is 5.84 Å². The number of nitrogens with zero attached hydrogens (tertiary/aromatic N) is 2. The van der Waals surface area contributed by atoms with E-state index >= 15 is 0 Å². The fourth-order valence-electron chi connectivity index (χ4n) is 1.49. The van der Waals surface area contributed by atoms with Crippen molar-refractivity contribution in [1.29, 1.82) is 0 Å². The summed E-state index contributed by atoms with van der Waals surface area (Å²) in [5.41, 5.74) is 3.81. The van der Waals surface area contributed by atoms with Crippen LogP contribution in [0.1, 0.15) is 18.5 Å². The molecule has 0 amide bonds. The zero-order valence-electron chi connectivity index (χ0n) is 10.1. The molecule has 3 N–H and O–H groups in total. The molecule has 1 aromatic heterocycles. The number of aromatic nitrogens is 1. The highest BCUT2D eigenvalue weighted by Gasteiger charge is 2.11. The van der Waals surface area contributed by atoms with Gasteiger partial charge in [-0.15, -0.1) is 0 Å². The number of nitrogens with one attached hydrogen (secondary N) is 1. The number of hydrazine groups is 1. The Morgan fingerprint density at radius 1 is 1.50 bits per heavy atom. The fraction of sp³-hybridized carbons (Fsp3) is 0.545. The molecule has 0 aliphatic carbocycles. The molecule has 1 heterocycles. The predicted molar refractivity (Wildman–Crippen MR) is 64.0 cm³/mol. The second-order valence-electron chi connectivity index (χ2n) is 3.87. The van der Waals surface area contributed by atoms with Gasteiger partial charge in [0.05, 0.1) is 18.8 Å². The number of likely N-dealkylation sites (N-methyl/N-ethyl adjacent to an activating group) is 1. The summed E-state index contributed by atoms with van der Waals surface area (Å²) in [6.45, 7) is 3.40. The van der Waals surface area contributed by atoms with E-state index in [1.54, 1.807) is 12.4 Å². The summed E-state index contributed by atoms with van der Waals surface area (Å²) in [7, 11) is 4.01. The number of ether oxygens (including phenoxy) is 1. The van der Waals surface area contributed by atoms with Gasteiger partial charge in [0.1, 0.15) is 5.75 Å². The standard InChI is InChI=1S/C11H20N4O/c1-4-16-10-5-9(6-13-7-10)11(14-12)8-15(2)3/h5-7,11,14H,4,8,12H2,1-3H3. The first-order valence-corrected chi connectivity index (χ1v) is 5.36. The average Bonchev–Trinajstić information content (AvgIpc) is 2.26. The van der Waals surface area contributed by atoms with Crippen molar-refractivity contribution in [2.45, 2.75) is 13.0 Å². The van der Waals surface area contributed by atoms with E-state index in [0.29, 0.717) is 6.61 Å². The predicted octanol–water partition coefficient (Wildman–Crippen LogP) is 0.546. The normalized spacial score (nSPS) is 12.8. The van der Waals surface area contributed by atoms with Crippen LogP contribution in [-0.2, 0) is 0 Å². The molecule has 5 heteroatoms. The van der Waals surface area contributed by atoms with Gasteiger partial charge >= 0.3 is 0 Å². The minimum Gasteiger partial charge on any atom is -0.492 e. The summed E-state index contributed by atoms with van der Waals surface area (Å²) in [5.74, 6) is 6.31. The van der Waals surface area contributed by atoms with Crippen molar-refractivity contribution < 1.29 is 4.74 Å². The Morgan fingerprint density at radius 2 is 2.25 bits per heavy atom. The topological polar surface area (TPSA) is 63.4 Å². The maximum Gasteiger partial charge on any atom is 0.137 e. The molecule has 1 rings (SSSR count). The van der Waals surface area contributed by atoms with Crippen LogP contribution in [0.5, 0.6) is 5.75 Å². The van der Waals surface area contributed by atoms with Gasteiger partial charge in [-0.2, -0.15) is 0 Å². The van der Waals surface area contributed by atoms with Crippen LogP contribution < -0.4 is 16.0 Å². The van der Waals surface area contributed by atoms with Crippen molar-refractivity contribution in [3.8, 4) is 5.75 Å². The Hall–Kier alpha value is -1.17. The highest BCUT2D eigenvalue weighted by atomic mass is 16.5. The molecule has 1 atom stereocenters. The van der Waals surface area contributed by atoms with Crippen molar-refractivity contribution in [3.63, 3.8) is 0 Å². The van der Waals surface area contributed by atoms with Crippen LogP contribution >= 0.6 is 0 Å². The van der Waals surface area contributed by atoms with E-state index in [2.05, 4.69) is 15.3 Å². The third-order valence-corrected chi connectivity index (χ3v) is 2.20. The second-order valence-corrected chi connectivity index (χ2v) is 3.87. The molecule has 0 saturated heterocycles. The molecule has 0 aromatic carbocycles. The van der Waals surface area contributed by atoms with Crippen LogP contribution in [0.3, 0.4) is 0 Å². The number of pyridine rings is 1. The lowest BCUT2D eigenvalue weighted by atomic mass is 10.1. The first-order valence-electron chi connectivity index (χ1n) is 5.36. The third kappa shape index (κ3) is 3.77. The molecule has 1 aromatic rings. The first kappa shape index (κ1) is 12.9. The summed E-state index contributed by atoms with van der Waals surface area (Å²) < 4.78 is 5.40. The molecule has 5 nitrogen and oxygen atoms in total. The highest BCUT2D eigenvalue weighted by molar-refractivity contribution is 5.26.